The van der Waals surface area contributed by atoms with Crippen LogP contribution in [0.2, 0.25) is 0 Å². The SMILES string of the molecule is CCOc1cccc(NCc2cccc(C(F)(F)F)c2)c1. The molecule has 0 amide bonds. The van der Waals surface area contributed by atoms with E-state index < -0.39 is 11.7 Å². The van der Waals surface area contributed by atoms with E-state index >= 15 is 0 Å². The Labute approximate surface area is 121 Å². The van der Waals surface area contributed by atoms with Gasteiger partial charge in [0.1, 0.15) is 5.75 Å². The van der Waals surface area contributed by atoms with Gasteiger partial charge in [-0.2, -0.15) is 13.2 Å². The first-order valence-corrected chi connectivity index (χ1v) is 6.62. The van der Waals surface area contributed by atoms with Crippen LogP contribution >= 0.6 is 0 Å². The van der Waals surface area contributed by atoms with Crippen LogP contribution in [0.1, 0.15) is 18.1 Å². The molecule has 0 atom stereocenters. The molecular formula is C16H16F3NO. The van der Waals surface area contributed by atoms with Gasteiger partial charge >= 0.3 is 6.18 Å². The molecule has 2 aromatic rings. The van der Waals surface area contributed by atoms with Gasteiger partial charge in [0.15, 0.2) is 0 Å². The monoisotopic (exact) mass is 295 g/mol. The Morgan fingerprint density at radius 3 is 2.52 bits per heavy atom. The highest BCUT2D eigenvalue weighted by atomic mass is 19.4. The Hall–Kier alpha value is -2.17. The lowest BCUT2D eigenvalue weighted by atomic mass is 10.1. The van der Waals surface area contributed by atoms with Crippen LogP contribution in [-0.4, -0.2) is 6.61 Å². The molecule has 0 aliphatic heterocycles. The third kappa shape index (κ3) is 4.41. The first kappa shape index (κ1) is 15.2. The molecule has 2 aromatic carbocycles. The van der Waals surface area contributed by atoms with Crippen molar-refractivity contribution < 1.29 is 17.9 Å². The molecule has 0 fully saturated rings. The zero-order valence-electron chi connectivity index (χ0n) is 11.6. The van der Waals surface area contributed by atoms with Crippen LogP contribution in [0.15, 0.2) is 48.5 Å². The van der Waals surface area contributed by atoms with Crippen molar-refractivity contribution in [3.63, 3.8) is 0 Å². The predicted molar refractivity (Wildman–Crippen MR) is 76.4 cm³/mol. The van der Waals surface area contributed by atoms with Crippen molar-refractivity contribution in [1.29, 1.82) is 0 Å². The topological polar surface area (TPSA) is 21.3 Å². The minimum Gasteiger partial charge on any atom is -0.494 e. The fourth-order valence-electron chi connectivity index (χ4n) is 1.92. The second kappa shape index (κ2) is 6.52. The molecule has 0 saturated carbocycles. The average Bonchev–Trinajstić information content (AvgIpc) is 2.45. The van der Waals surface area contributed by atoms with E-state index in [2.05, 4.69) is 5.32 Å². The summed E-state index contributed by atoms with van der Waals surface area (Å²) in [6.45, 7) is 2.78. The van der Waals surface area contributed by atoms with Crippen molar-refractivity contribution in [2.24, 2.45) is 0 Å². The molecule has 21 heavy (non-hydrogen) atoms. The summed E-state index contributed by atoms with van der Waals surface area (Å²) >= 11 is 0. The second-order valence-electron chi connectivity index (χ2n) is 4.51. The van der Waals surface area contributed by atoms with Crippen LogP contribution < -0.4 is 10.1 Å². The summed E-state index contributed by atoms with van der Waals surface area (Å²) in [5, 5.41) is 3.09. The second-order valence-corrected chi connectivity index (χ2v) is 4.51. The van der Waals surface area contributed by atoms with Crippen molar-refractivity contribution in [1.82, 2.24) is 0 Å². The summed E-state index contributed by atoms with van der Waals surface area (Å²) in [5.41, 5.74) is 0.745. The molecule has 2 nitrogen and oxygen atoms in total. The third-order valence-electron chi connectivity index (χ3n) is 2.90. The summed E-state index contributed by atoms with van der Waals surface area (Å²) in [6, 6.07) is 12.6. The standard InChI is InChI=1S/C16H16F3NO/c1-2-21-15-8-4-7-14(10-15)20-11-12-5-3-6-13(9-12)16(17,18)19/h3-10,20H,2,11H2,1H3. The lowest BCUT2D eigenvalue weighted by Crippen LogP contribution is -2.06. The highest BCUT2D eigenvalue weighted by Gasteiger charge is 2.30. The highest BCUT2D eigenvalue weighted by Crippen LogP contribution is 2.29. The number of rotatable bonds is 5. The number of benzene rings is 2. The molecule has 0 aliphatic rings. The molecule has 5 heteroatoms. The molecule has 1 N–H and O–H groups in total. The zero-order valence-corrected chi connectivity index (χ0v) is 11.6. The van der Waals surface area contributed by atoms with E-state index in [1.165, 1.54) is 6.07 Å². The number of ether oxygens (including phenoxy) is 1. The normalized spacial score (nSPS) is 11.2. The van der Waals surface area contributed by atoms with Gasteiger partial charge in [0.25, 0.3) is 0 Å². The predicted octanol–water partition coefficient (Wildman–Crippen LogP) is 4.72. The summed E-state index contributed by atoms with van der Waals surface area (Å²) in [4.78, 5) is 0. The smallest absolute Gasteiger partial charge is 0.416 e. The van der Waals surface area contributed by atoms with Gasteiger partial charge in [-0.3, -0.25) is 0 Å². The van der Waals surface area contributed by atoms with Crippen molar-refractivity contribution in [2.45, 2.75) is 19.6 Å². The van der Waals surface area contributed by atoms with Gasteiger partial charge in [-0.25, -0.2) is 0 Å². The first-order valence-electron chi connectivity index (χ1n) is 6.62. The maximum atomic E-state index is 12.6. The number of anilines is 1. The molecule has 0 saturated heterocycles. The van der Waals surface area contributed by atoms with Crippen LogP contribution in [0.3, 0.4) is 0 Å². The van der Waals surface area contributed by atoms with E-state index in [0.717, 1.165) is 23.6 Å². The Balaban J connectivity index is 2.04. The number of hydrogen-bond donors (Lipinski definition) is 1. The van der Waals surface area contributed by atoms with Crippen LogP contribution in [0.4, 0.5) is 18.9 Å². The van der Waals surface area contributed by atoms with E-state index in [1.807, 2.05) is 31.2 Å². The lowest BCUT2D eigenvalue weighted by molar-refractivity contribution is -0.137. The van der Waals surface area contributed by atoms with Crippen molar-refractivity contribution in [2.75, 3.05) is 11.9 Å². The Kier molecular flexibility index (Phi) is 4.73. The van der Waals surface area contributed by atoms with Gasteiger partial charge in [-0.05, 0) is 36.8 Å². The Morgan fingerprint density at radius 1 is 1.05 bits per heavy atom. The number of hydrogen-bond acceptors (Lipinski definition) is 2. The zero-order chi connectivity index (χ0) is 15.3. The third-order valence-corrected chi connectivity index (χ3v) is 2.90. The molecule has 2 rings (SSSR count). The summed E-state index contributed by atoms with van der Waals surface area (Å²) in [7, 11) is 0. The Bertz CT molecular complexity index is 596. The molecule has 0 unspecified atom stereocenters. The van der Waals surface area contributed by atoms with Gasteiger partial charge in [0.2, 0.25) is 0 Å². The minimum atomic E-state index is -4.31. The minimum absolute atomic E-state index is 0.319. The highest BCUT2D eigenvalue weighted by molar-refractivity contribution is 5.48. The average molecular weight is 295 g/mol. The summed E-state index contributed by atoms with van der Waals surface area (Å²) < 4.78 is 43.3. The fraction of sp³-hybridized carbons (Fsp3) is 0.250. The van der Waals surface area contributed by atoms with E-state index in [4.69, 9.17) is 4.74 Å². The number of halogens is 3. The lowest BCUT2D eigenvalue weighted by Gasteiger charge is -2.11. The Morgan fingerprint density at radius 2 is 1.81 bits per heavy atom. The molecule has 0 aromatic heterocycles. The molecule has 0 aliphatic carbocycles. The van der Waals surface area contributed by atoms with Gasteiger partial charge in [0.05, 0.1) is 12.2 Å². The van der Waals surface area contributed by atoms with E-state index in [-0.39, 0.29) is 0 Å². The molecule has 0 radical (unpaired) electrons. The molecular weight excluding hydrogens is 279 g/mol. The summed E-state index contributed by atoms with van der Waals surface area (Å²) in [6.07, 6.45) is -4.31. The molecule has 0 bridgehead atoms. The number of alkyl halides is 3. The van der Waals surface area contributed by atoms with Crippen molar-refractivity contribution in [3.05, 3.63) is 59.7 Å². The van der Waals surface area contributed by atoms with Crippen LogP contribution in [0.5, 0.6) is 5.75 Å². The van der Waals surface area contributed by atoms with E-state index in [9.17, 15) is 13.2 Å². The largest absolute Gasteiger partial charge is 0.494 e. The van der Waals surface area contributed by atoms with Crippen LogP contribution in [0.25, 0.3) is 0 Å². The molecule has 112 valence electrons. The van der Waals surface area contributed by atoms with Gasteiger partial charge in [0, 0.05) is 18.3 Å². The molecule has 0 spiro atoms. The van der Waals surface area contributed by atoms with Crippen molar-refractivity contribution >= 4 is 5.69 Å². The van der Waals surface area contributed by atoms with Gasteiger partial charge in [-0.15, -0.1) is 0 Å². The van der Waals surface area contributed by atoms with Crippen LogP contribution in [-0.2, 0) is 12.7 Å². The van der Waals surface area contributed by atoms with Gasteiger partial charge < -0.3 is 10.1 Å². The van der Waals surface area contributed by atoms with E-state index in [1.54, 1.807) is 6.07 Å². The fourth-order valence-corrected chi connectivity index (χ4v) is 1.92. The molecule has 0 heterocycles. The number of nitrogens with one attached hydrogen (secondary N) is 1. The summed E-state index contributed by atoms with van der Waals surface area (Å²) in [5.74, 6) is 0.728. The van der Waals surface area contributed by atoms with Gasteiger partial charge in [-0.1, -0.05) is 18.2 Å². The first-order chi connectivity index (χ1) is 9.99. The maximum Gasteiger partial charge on any atom is 0.416 e. The van der Waals surface area contributed by atoms with Crippen molar-refractivity contribution in [3.8, 4) is 5.75 Å². The van der Waals surface area contributed by atoms with E-state index in [0.29, 0.717) is 18.7 Å². The van der Waals surface area contributed by atoms with Crippen LogP contribution in [0, 0.1) is 0 Å². The maximum absolute atomic E-state index is 12.6. The quantitative estimate of drug-likeness (QED) is 0.862.